The van der Waals surface area contributed by atoms with Gasteiger partial charge in [-0.15, -0.1) is 0 Å². The van der Waals surface area contributed by atoms with Crippen LogP contribution in [0.2, 0.25) is 0 Å². The van der Waals surface area contributed by atoms with Gasteiger partial charge in [-0.2, -0.15) is 0 Å². The Morgan fingerprint density at radius 2 is 1.67 bits per heavy atom. The number of anilines is 1. The summed E-state index contributed by atoms with van der Waals surface area (Å²) in [4.78, 5) is 38.8. The average molecular weight is 682 g/mol. The van der Waals surface area contributed by atoms with Crippen LogP contribution in [0, 0.1) is 3.57 Å². The van der Waals surface area contributed by atoms with Crippen molar-refractivity contribution in [3.8, 4) is 5.75 Å². The molecule has 1 N–H and O–H groups in total. The molecule has 3 aromatic rings. The van der Waals surface area contributed by atoms with Crippen molar-refractivity contribution in [3.63, 3.8) is 0 Å². The van der Waals surface area contributed by atoms with Crippen molar-refractivity contribution in [1.29, 1.82) is 0 Å². The van der Waals surface area contributed by atoms with E-state index in [4.69, 9.17) is 4.74 Å². The van der Waals surface area contributed by atoms with E-state index in [0.717, 1.165) is 18.5 Å². The molecule has 0 aliphatic carbocycles. The first-order valence-electron chi connectivity index (χ1n) is 9.66. The molecule has 9 heteroatoms. The van der Waals surface area contributed by atoms with Gasteiger partial charge in [0.1, 0.15) is 17.9 Å². The van der Waals surface area contributed by atoms with Crippen molar-refractivity contribution in [2.24, 2.45) is 0 Å². The molecule has 0 bridgehead atoms. The molecule has 166 valence electrons. The molecule has 1 saturated heterocycles. The standard InChI is InChI=1S/C24H15Br2IN2O4/c25-16-6-8-17(9-7-16)29-23(31)18(22(30)28-24(29)32)10-15-11-19(26)21(20(27)12-15)33-13-14-4-2-1-3-5-14/h1-12H,13H2,(H,28,30,32)/b18-10+. The zero-order valence-electron chi connectivity index (χ0n) is 16.8. The number of carbonyl (C=O) groups is 3. The highest BCUT2D eigenvalue weighted by atomic mass is 127. The number of hydrogen-bond donors (Lipinski definition) is 1. The van der Waals surface area contributed by atoms with Gasteiger partial charge in [0.05, 0.1) is 13.7 Å². The van der Waals surface area contributed by atoms with E-state index in [-0.39, 0.29) is 5.57 Å². The number of imide groups is 2. The highest BCUT2D eigenvalue weighted by Crippen LogP contribution is 2.34. The molecule has 0 aromatic heterocycles. The maximum Gasteiger partial charge on any atom is 0.335 e. The highest BCUT2D eigenvalue weighted by molar-refractivity contribution is 14.1. The summed E-state index contributed by atoms with van der Waals surface area (Å²) in [6.45, 7) is 0.404. The summed E-state index contributed by atoms with van der Waals surface area (Å²) in [5.74, 6) is -0.775. The number of carbonyl (C=O) groups excluding carboxylic acids is 3. The lowest BCUT2D eigenvalue weighted by Crippen LogP contribution is -2.54. The molecule has 33 heavy (non-hydrogen) atoms. The van der Waals surface area contributed by atoms with E-state index in [1.807, 2.05) is 30.3 Å². The second-order valence-corrected chi connectivity index (χ2v) is 9.95. The predicted molar refractivity (Wildman–Crippen MR) is 141 cm³/mol. The first kappa shape index (κ1) is 23.7. The van der Waals surface area contributed by atoms with E-state index in [2.05, 4.69) is 59.8 Å². The van der Waals surface area contributed by atoms with Gasteiger partial charge < -0.3 is 4.74 Å². The largest absolute Gasteiger partial charge is 0.487 e. The van der Waals surface area contributed by atoms with Gasteiger partial charge in [0.2, 0.25) is 0 Å². The second-order valence-electron chi connectivity index (χ2n) is 7.02. The fraction of sp³-hybridized carbons (Fsp3) is 0.0417. The Bertz CT molecular complexity index is 1250. The quantitative estimate of drug-likeness (QED) is 0.202. The van der Waals surface area contributed by atoms with Crippen LogP contribution in [0.5, 0.6) is 5.75 Å². The van der Waals surface area contributed by atoms with E-state index in [1.165, 1.54) is 6.08 Å². The van der Waals surface area contributed by atoms with Gasteiger partial charge in [-0.1, -0.05) is 46.3 Å². The molecule has 3 aromatic carbocycles. The van der Waals surface area contributed by atoms with Crippen LogP contribution in [0.25, 0.3) is 6.08 Å². The Morgan fingerprint density at radius 1 is 0.970 bits per heavy atom. The summed E-state index contributed by atoms with van der Waals surface area (Å²) in [6, 6.07) is 19.2. The molecule has 0 radical (unpaired) electrons. The molecule has 6 nitrogen and oxygen atoms in total. The smallest absolute Gasteiger partial charge is 0.335 e. The van der Waals surface area contributed by atoms with Crippen molar-refractivity contribution >= 4 is 84.1 Å². The molecule has 0 atom stereocenters. The SMILES string of the molecule is O=C1NC(=O)N(c2ccc(Br)cc2)C(=O)/C1=C/c1cc(Br)c(OCc2ccccc2)c(I)c1. The summed E-state index contributed by atoms with van der Waals surface area (Å²) >= 11 is 8.98. The Balaban J connectivity index is 1.61. The van der Waals surface area contributed by atoms with Crippen LogP contribution in [0.1, 0.15) is 11.1 Å². The number of benzene rings is 3. The minimum atomic E-state index is -0.787. The van der Waals surface area contributed by atoms with Gasteiger partial charge in [-0.05, 0) is 92.1 Å². The molecule has 0 unspecified atom stereocenters. The van der Waals surface area contributed by atoms with E-state index >= 15 is 0 Å². The van der Waals surface area contributed by atoms with Gasteiger partial charge in [0, 0.05) is 4.47 Å². The zero-order valence-corrected chi connectivity index (χ0v) is 22.2. The van der Waals surface area contributed by atoms with Crippen LogP contribution < -0.4 is 15.0 Å². The number of ether oxygens (including phenoxy) is 1. The lowest BCUT2D eigenvalue weighted by molar-refractivity contribution is -0.122. The highest BCUT2D eigenvalue weighted by Gasteiger charge is 2.36. The van der Waals surface area contributed by atoms with Crippen LogP contribution in [0.4, 0.5) is 10.5 Å². The summed E-state index contributed by atoms with van der Waals surface area (Å²) in [6.07, 6.45) is 1.46. The van der Waals surface area contributed by atoms with Crippen molar-refractivity contribution in [1.82, 2.24) is 5.32 Å². The summed E-state index contributed by atoms with van der Waals surface area (Å²) in [5, 5.41) is 2.23. The second kappa shape index (κ2) is 10.2. The first-order chi connectivity index (χ1) is 15.8. The van der Waals surface area contributed by atoms with Crippen molar-refractivity contribution < 1.29 is 19.1 Å². The number of urea groups is 1. The zero-order chi connectivity index (χ0) is 23.5. The number of nitrogens with zero attached hydrogens (tertiary/aromatic N) is 1. The molecule has 4 rings (SSSR count). The maximum atomic E-state index is 13.1. The van der Waals surface area contributed by atoms with E-state index in [1.54, 1.807) is 36.4 Å². The van der Waals surface area contributed by atoms with Gasteiger partial charge in [-0.25, -0.2) is 9.69 Å². The fourth-order valence-electron chi connectivity index (χ4n) is 3.18. The van der Waals surface area contributed by atoms with Crippen LogP contribution in [-0.4, -0.2) is 17.8 Å². The minimum Gasteiger partial charge on any atom is -0.487 e. The Hall–Kier alpha value is -2.50. The molecule has 1 aliphatic heterocycles. The topological polar surface area (TPSA) is 75.7 Å². The molecule has 1 heterocycles. The number of barbiturate groups is 1. The van der Waals surface area contributed by atoms with Gasteiger partial charge in [-0.3, -0.25) is 14.9 Å². The summed E-state index contributed by atoms with van der Waals surface area (Å²) < 4.78 is 8.25. The predicted octanol–water partition coefficient (Wildman–Crippen LogP) is 6.06. The lowest BCUT2D eigenvalue weighted by atomic mass is 10.1. The third kappa shape index (κ3) is 5.36. The van der Waals surface area contributed by atoms with Crippen molar-refractivity contribution in [2.45, 2.75) is 6.61 Å². The van der Waals surface area contributed by atoms with Crippen LogP contribution >= 0.6 is 54.5 Å². The Kier molecular flexibility index (Phi) is 7.30. The molecule has 0 saturated carbocycles. The molecular weight excluding hydrogens is 667 g/mol. The fourth-order valence-corrected chi connectivity index (χ4v) is 5.21. The summed E-state index contributed by atoms with van der Waals surface area (Å²) in [7, 11) is 0. The average Bonchev–Trinajstić information content (AvgIpc) is 2.78. The minimum absolute atomic E-state index is 0.141. The van der Waals surface area contributed by atoms with Crippen molar-refractivity contribution in [3.05, 3.63) is 95.9 Å². The van der Waals surface area contributed by atoms with Gasteiger partial charge in [0.15, 0.2) is 0 Å². The Labute approximate surface area is 220 Å². The number of amides is 4. The normalized spacial score (nSPS) is 15.1. The van der Waals surface area contributed by atoms with Crippen LogP contribution in [0.3, 0.4) is 0 Å². The summed E-state index contributed by atoms with van der Waals surface area (Å²) in [5.41, 5.74) is 1.87. The van der Waals surface area contributed by atoms with Crippen LogP contribution in [-0.2, 0) is 16.2 Å². The number of rotatable bonds is 5. The molecule has 1 fully saturated rings. The first-order valence-corrected chi connectivity index (χ1v) is 12.3. The number of nitrogens with one attached hydrogen (secondary N) is 1. The number of halogens is 3. The molecule has 1 aliphatic rings. The van der Waals surface area contributed by atoms with Crippen molar-refractivity contribution in [2.75, 3.05) is 4.90 Å². The monoisotopic (exact) mass is 680 g/mol. The number of hydrogen-bond acceptors (Lipinski definition) is 4. The van der Waals surface area contributed by atoms with Gasteiger partial charge in [0.25, 0.3) is 11.8 Å². The van der Waals surface area contributed by atoms with E-state index in [0.29, 0.717) is 28.1 Å². The molecule has 0 spiro atoms. The molecule has 4 amide bonds. The maximum absolute atomic E-state index is 13.1. The molecular formula is C24H15Br2IN2O4. The third-order valence-electron chi connectivity index (χ3n) is 4.74. The van der Waals surface area contributed by atoms with Gasteiger partial charge >= 0.3 is 6.03 Å². The lowest BCUT2D eigenvalue weighted by Gasteiger charge is -2.26. The Morgan fingerprint density at radius 3 is 2.33 bits per heavy atom. The third-order valence-corrected chi connectivity index (χ3v) is 6.66. The van der Waals surface area contributed by atoms with Crippen LogP contribution in [0.15, 0.2) is 81.2 Å². The van der Waals surface area contributed by atoms with E-state index < -0.39 is 17.8 Å². The van der Waals surface area contributed by atoms with E-state index in [9.17, 15) is 14.4 Å².